The molecule has 0 saturated carbocycles. The van der Waals surface area contributed by atoms with Gasteiger partial charge in [0, 0.05) is 17.6 Å². The fourth-order valence-corrected chi connectivity index (χ4v) is 2.47. The summed E-state index contributed by atoms with van der Waals surface area (Å²) in [6.07, 6.45) is -3.40. The number of amides is 1. The van der Waals surface area contributed by atoms with Crippen LogP contribution in [0, 0.1) is 0 Å². The van der Waals surface area contributed by atoms with Crippen molar-refractivity contribution in [3.63, 3.8) is 0 Å². The van der Waals surface area contributed by atoms with Crippen molar-refractivity contribution < 1.29 is 22.7 Å². The van der Waals surface area contributed by atoms with Crippen LogP contribution in [0.5, 0.6) is 0 Å². The molecule has 1 fully saturated rings. The number of hydrogen-bond acceptors (Lipinski definition) is 2. The van der Waals surface area contributed by atoms with Crippen LogP contribution in [-0.4, -0.2) is 29.7 Å². The Morgan fingerprint density at radius 3 is 2.39 bits per heavy atom. The molecule has 1 amide bonds. The van der Waals surface area contributed by atoms with E-state index < -0.39 is 23.4 Å². The van der Waals surface area contributed by atoms with E-state index >= 15 is 0 Å². The number of carbonyl (C=O) groups is 1. The molecule has 23 heavy (non-hydrogen) atoms. The van der Waals surface area contributed by atoms with Gasteiger partial charge in [-0.05, 0) is 44.0 Å². The minimum Gasteiger partial charge on any atom is -0.444 e. The zero-order chi connectivity index (χ0) is 17.4. The third kappa shape index (κ3) is 4.73. The first-order valence-electron chi connectivity index (χ1n) is 7.00. The molecule has 3 nitrogen and oxygen atoms in total. The van der Waals surface area contributed by atoms with Crippen LogP contribution in [-0.2, 0) is 10.9 Å². The van der Waals surface area contributed by atoms with Gasteiger partial charge in [-0.25, -0.2) is 4.79 Å². The molecular formula is C16H17BrF3NO2. The van der Waals surface area contributed by atoms with Gasteiger partial charge in [0.2, 0.25) is 0 Å². The Morgan fingerprint density at radius 1 is 1.26 bits per heavy atom. The summed E-state index contributed by atoms with van der Waals surface area (Å²) in [5.74, 6) is 0. The van der Waals surface area contributed by atoms with Crippen molar-refractivity contribution in [2.24, 2.45) is 0 Å². The number of carbonyl (C=O) groups excluding carboxylic acids is 1. The summed E-state index contributed by atoms with van der Waals surface area (Å²) in [6.45, 7) is 5.85. The lowest BCUT2D eigenvalue weighted by Crippen LogP contribution is -2.46. The minimum atomic E-state index is -4.43. The van der Waals surface area contributed by atoms with E-state index in [2.05, 4.69) is 15.9 Å². The lowest BCUT2D eigenvalue weighted by molar-refractivity contribution is -0.137. The van der Waals surface area contributed by atoms with Gasteiger partial charge >= 0.3 is 12.3 Å². The highest BCUT2D eigenvalue weighted by Gasteiger charge is 2.34. The van der Waals surface area contributed by atoms with Crippen LogP contribution in [0.15, 0.2) is 28.2 Å². The van der Waals surface area contributed by atoms with E-state index in [1.54, 1.807) is 26.8 Å². The molecule has 1 aliphatic heterocycles. The van der Waals surface area contributed by atoms with Crippen LogP contribution in [0.3, 0.4) is 0 Å². The molecule has 0 aliphatic carbocycles. The molecule has 0 spiro atoms. The summed E-state index contributed by atoms with van der Waals surface area (Å²) in [4.78, 5) is 13.2. The van der Waals surface area contributed by atoms with Crippen LogP contribution in [0.1, 0.15) is 31.9 Å². The highest BCUT2D eigenvalue weighted by atomic mass is 79.9. The zero-order valence-corrected chi connectivity index (χ0v) is 14.6. The largest absolute Gasteiger partial charge is 0.444 e. The second kappa shape index (κ2) is 6.19. The van der Waals surface area contributed by atoms with Gasteiger partial charge in [0.25, 0.3) is 0 Å². The van der Waals surface area contributed by atoms with Crippen LogP contribution in [0.25, 0.3) is 6.08 Å². The topological polar surface area (TPSA) is 29.5 Å². The first-order chi connectivity index (χ1) is 10.5. The van der Waals surface area contributed by atoms with Gasteiger partial charge in [-0.3, -0.25) is 0 Å². The van der Waals surface area contributed by atoms with Crippen molar-refractivity contribution >= 4 is 28.1 Å². The van der Waals surface area contributed by atoms with Crippen LogP contribution in [0.4, 0.5) is 18.0 Å². The summed E-state index contributed by atoms with van der Waals surface area (Å²) in [6, 6.07) is 4.03. The van der Waals surface area contributed by atoms with E-state index in [0.29, 0.717) is 4.47 Å². The maximum absolute atomic E-state index is 13.1. The Labute approximate surface area is 141 Å². The van der Waals surface area contributed by atoms with Crippen LogP contribution < -0.4 is 0 Å². The number of likely N-dealkylation sites (tertiary alicyclic amines) is 1. The minimum absolute atomic E-state index is 0.0968. The van der Waals surface area contributed by atoms with Gasteiger partial charge in [-0.15, -0.1) is 0 Å². The first kappa shape index (κ1) is 17.8. The predicted octanol–water partition coefficient (Wildman–Crippen LogP) is 5.10. The Hall–Kier alpha value is -1.50. The molecule has 0 unspecified atom stereocenters. The number of halogens is 4. The fraction of sp³-hybridized carbons (Fsp3) is 0.438. The van der Waals surface area contributed by atoms with Gasteiger partial charge in [0.15, 0.2) is 0 Å². The van der Waals surface area contributed by atoms with Crippen molar-refractivity contribution in [2.75, 3.05) is 13.1 Å². The number of benzene rings is 1. The van der Waals surface area contributed by atoms with Crippen LogP contribution >= 0.6 is 15.9 Å². The molecule has 7 heteroatoms. The second-order valence-electron chi connectivity index (χ2n) is 6.37. The van der Waals surface area contributed by atoms with Gasteiger partial charge < -0.3 is 9.64 Å². The van der Waals surface area contributed by atoms with Gasteiger partial charge in [0.05, 0.1) is 5.56 Å². The standard InChI is InChI=1S/C16H17BrF3NO2/c1-15(2,3)23-14(22)21-8-10(9-21)6-11-4-5-12(17)7-13(11)16(18,19)20/h4-7H,8-9H2,1-3H3. The molecule has 0 bridgehead atoms. The SMILES string of the molecule is CC(C)(C)OC(=O)N1CC(=Cc2ccc(Br)cc2C(F)(F)F)C1. The third-order valence-electron chi connectivity index (χ3n) is 3.12. The summed E-state index contributed by atoms with van der Waals surface area (Å²) >= 11 is 3.05. The maximum atomic E-state index is 13.1. The summed E-state index contributed by atoms with van der Waals surface area (Å²) in [5, 5.41) is 0. The van der Waals surface area contributed by atoms with E-state index in [-0.39, 0.29) is 18.7 Å². The van der Waals surface area contributed by atoms with Gasteiger partial charge in [-0.1, -0.05) is 28.1 Å². The second-order valence-corrected chi connectivity index (χ2v) is 7.28. The Kier molecular flexibility index (Phi) is 4.80. The van der Waals surface area contributed by atoms with E-state index in [0.717, 1.165) is 11.6 Å². The number of hydrogen-bond donors (Lipinski definition) is 0. The van der Waals surface area contributed by atoms with Crippen molar-refractivity contribution in [3.05, 3.63) is 39.4 Å². The molecule has 1 aromatic carbocycles. The molecule has 126 valence electrons. The zero-order valence-electron chi connectivity index (χ0n) is 13.0. The maximum Gasteiger partial charge on any atom is 0.417 e. The smallest absolute Gasteiger partial charge is 0.417 e. The monoisotopic (exact) mass is 391 g/mol. The molecule has 1 aromatic rings. The highest BCUT2D eigenvalue weighted by Crippen LogP contribution is 2.35. The molecule has 1 heterocycles. The molecule has 2 rings (SSSR count). The van der Waals surface area contributed by atoms with E-state index in [1.165, 1.54) is 17.0 Å². The molecule has 0 aromatic heterocycles. The average molecular weight is 392 g/mol. The van der Waals surface area contributed by atoms with Crippen LogP contribution in [0.2, 0.25) is 0 Å². The van der Waals surface area contributed by atoms with E-state index in [4.69, 9.17) is 4.74 Å². The first-order valence-corrected chi connectivity index (χ1v) is 7.79. The lowest BCUT2D eigenvalue weighted by atomic mass is 10.0. The Balaban J connectivity index is 2.10. The molecule has 1 saturated heterocycles. The van der Waals surface area contributed by atoms with Gasteiger partial charge in [0.1, 0.15) is 5.60 Å². The number of alkyl halides is 3. The summed E-state index contributed by atoms with van der Waals surface area (Å²) < 4.78 is 44.7. The fourth-order valence-electron chi connectivity index (χ4n) is 2.11. The van der Waals surface area contributed by atoms with Crippen molar-refractivity contribution in [1.29, 1.82) is 0 Å². The van der Waals surface area contributed by atoms with Crippen molar-refractivity contribution in [3.8, 4) is 0 Å². The van der Waals surface area contributed by atoms with Crippen molar-refractivity contribution in [2.45, 2.75) is 32.5 Å². The molecule has 0 atom stereocenters. The normalized spacial score (nSPS) is 15.3. The molecular weight excluding hydrogens is 375 g/mol. The summed E-state index contributed by atoms with van der Waals surface area (Å²) in [7, 11) is 0. The van der Waals surface area contributed by atoms with E-state index in [1.807, 2.05) is 0 Å². The van der Waals surface area contributed by atoms with Crippen molar-refractivity contribution in [1.82, 2.24) is 4.90 Å². The Bertz CT molecular complexity index is 640. The number of rotatable bonds is 1. The van der Waals surface area contributed by atoms with Gasteiger partial charge in [-0.2, -0.15) is 13.2 Å². The highest BCUT2D eigenvalue weighted by molar-refractivity contribution is 9.10. The Morgan fingerprint density at radius 2 is 1.87 bits per heavy atom. The quantitative estimate of drug-likeness (QED) is 0.666. The third-order valence-corrected chi connectivity index (χ3v) is 3.61. The number of ether oxygens (including phenoxy) is 1. The molecule has 1 aliphatic rings. The van der Waals surface area contributed by atoms with E-state index in [9.17, 15) is 18.0 Å². The average Bonchev–Trinajstić information content (AvgIpc) is 2.31. The summed E-state index contributed by atoms with van der Waals surface area (Å²) in [5.41, 5.74) is -0.440. The predicted molar refractivity (Wildman–Crippen MR) is 84.9 cm³/mol. The molecule has 0 N–H and O–H groups in total. The lowest BCUT2D eigenvalue weighted by Gasteiger charge is -2.35. The number of nitrogens with zero attached hydrogens (tertiary/aromatic N) is 1. The molecule has 0 radical (unpaired) electrons.